The van der Waals surface area contributed by atoms with Crippen LogP contribution in [0.1, 0.15) is 17.5 Å². The number of nitrogens with zero attached hydrogens (tertiary/aromatic N) is 1. The molecule has 0 unspecified atom stereocenters. The fourth-order valence-electron chi connectivity index (χ4n) is 1.85. The summed E-state index contributed by atoms with van der Waals surface area (Å²) in [5.74, 6) is 1.40. The number of carbonyl (C=O) groups excluding carboxylic acids is 1. The number of carbonyl (C=O) groups is 1. The topological polar surface area (TPSA) is 50.8 Å². The van der Waals surface area contributed by atoms with E-state index in [9.17, 15) is 4.79 Å². The molecule has 5 nitrogen and oxygen atoms in total. The summed E-state index contributed by atoms with van der Waals surface area (Å²) in [6.45, 7) is 2.00. The number of benzene rings is 1. The van der Waals surface area contributed by atoms with E-state index in [-0.39, 0.29) is 5.91 Å². The fourth-order valence-corrected chi connectivity index (χ4v) is 1.85. The molecule has 0 atom stereocenters. The standard InChI is InChI=1S/C14H22N2O3/c1-10-8-12(18-4)13(19-5)9-11(10)6-7-14(17)15-16(2)3/h8-9H,6-7H2,1-5H3,(H,15,17). The molecule has 0 saturated heterocycles. The maximum atomic E-state index is 11.6. The Balaban J connectivity index is 2.76. The third kappa shape index (κ3) is 4.44. The molecule has 0 aliphatic carbocycles. The molecule has 19 heavy (non-hydrogen) atoms. The summed E-state index contributed by atoms with van der Waals surface area (Å²) >= 11 is 0. The van der Waals surface area contributed by atoms with Gasteiger partial charge in [0.2, 0.25) is 5.91 Å². The average molecular weight is 266 g/mol. The van der Waals surface area contributed by atoms with Crippen LogP contribution in [0.2, 0.25) is 0 Å². The highest BCUT2D eigenvalue weighted by atomic mass is 16.5. The van der Waals surface area contributed by atoms with E-state index in [0.29, 0.717) is 24.3 Å². The summed E-state index contributed by atoms with van der Waals surface area (Å²) in [6.07, 6.45) is 1.11. The van der Waals surface area contributed by atoms with Gasteiger partial charge in [0.15, 0.2) is 11.5 Å². The van der Waals surface area contributed by atoms with Gasteiger partial charge in [-0.2, -0.15) is 0 Å². The molecule has 1 aromatic carbocycles. The van der Waals surface area contributed by atoms with Crippen molar-refractivity contribution in [3.63, 3.8) is 0 Å². The van der Waals surface area contributed by atoms with Gasteiger partial charge in [-0.25, -0.2) is 5.01 Å². The quantitative estimate of drug-likeness (QED) is 0.794. The number of nitrogens with one attached hydrogen (secondary N) is 1. The van der Waals surface area contributed by atoms with Crippen molar-refractivity contribution in [2.24, 2.45) is 0 Å². The Hall–Kier alpha value is -1.75. The second-order valence-electron chi connectivity index (χ2n) is 4.56. The molecule has 0 aliphatic rings. The molecule has 0 fully saturated rings. The number of hydrogen-bond acceptors (Lipinski definition) is 4. The molecule has 5 heteroatoms. The van der Waals surface area contributed by atoms with Gasteiger partial charge in [0.25, 0.3) is 0 Å². The zero-order chi connectivity index (χ0) is 14.4. The second kappa shape index (κ2) is 6.99. The van der Waals surface area contributed by atoms with E-state index in [1.165, 1.54) is 0 Å². The van der Waals surface area contributed by atoms with E-state index >= 15 is 0 Å². The van der Waals surface area contributed by atoms with E-state index in [4.69, 9.17) is 9.47 Å². The highest BCUT2D eigenvalue weighted by Crippen LogP contribution is 2.30. The molecule has 1 N–H and O–H groups in total. The van der Waals surface area contributed by atoms with Crippen LogP contribution in [0.25, 0.3) is 0 Å². The summed E-state index contributed by atoms with van der Waals surface area (Å²) in [5.41, 5.74) is 4.90. The average Bonchev–Trinajstić information content (AvgIpc) is 2.36. The number of aryl methyl sites for hydroxylation is 2. The minimum atomic E-state index is -0.000755. The summed E-state index contributed by atoms with van der Waals surface area (Å²) < 4.78 is 10.5. The number of hydrazine groups is 1. The number of ether oxygens (including phenoxy) is 2. The molecule has 0 radical (unpaired) electrons. The first-order valence-corrected chi connectivity index (χ1v) is 6.16. The van der Waals surface area contributed by atoms with Crippen molar-refractivity contribution in [2.75, 3.05) is 28.3 Å². The van der Waals surface area contributed by atoms with Crippen LogP contribution in [0.4, 0.5) is 0 Å². The number of methoxy groups -OCH3 is 2. The van der Waals surface area contributed by atoms with Gasteiger partial charge >= 0.3 is 0 Å². The summed E-state index contributed by atoms with van der Waals surface area (Å²) in [7, 11) is 6.80. The van der Waals surface area contributed by atoms with Crippen molar-refractivity contribution in [1.82, 2.24) is 10.4 Å². The first-order chi connectivity index (χ1) is 8.97. The molecule has 0 aliphatic heterocycles. The molecule has 0 aromatic heterocycles. The van der Waals surface area contributed by atoms with Crippen LogP contribution >= 0.6 is 0 Å². The van der Waals surface area contributed by atoms with Crippen LogP contribution < -0.4 is 14.9 Å². The molecule has 1 aromatic rings. The van der Waals surface area contributed by atoms with Crippen LogP contribution in [0, 0.1) is 6.92 Å². The van der Waals surface area contributed by atoms with E-state index in [1.807, 2.05) is 19.1 Å². The molecule has 1 amide bonds. The van der Waals surface area contributed by atoms with E-state index < -0.39 is 0 Å². The van der Waals surface area contributed by atoms with Gasteiger partial charge < -0.3 is 9.47 Å². The summed E-state index contributed by atoms with van der Waals surface area (Å²) in [4.78, 5) is 11.6. The first-order valence-electron chi connectivity index (χ1n) is 6.16. The van der Waals surface area contributed by atoms with E-state index in [0.717, 1.165) is 11.1 Å². The lowest BCUT2D eigenvalue weighted by atomic mass is 10.0. The number of rotatable bonds is 6. The van der Waals surface area contributed by atoms with Crippen LogP contribution in [-0.2, 0) is 11.2 Å². The third-order valence-corrected chi connectivity index (χ3v) is 2.81. The van der Waals surface area contributed by atoms with Crippen molar-refractivity contribution < 1.29 is 14.3 Å². The maximum absolute atomic E-state index is 11.6. The fraction of sp³-hybridized carbons (Fsp3) is 0.500. The lowest BCUT2D eigenvalue weighted by Gasteiger charge is -2.14. The van der Waals surface area contributed by atoms with Gasteiger partial charge in [-0.05, 0) is 36.6 Å². The van der Waals surface area contributed by atoms with Crippen molar-refractivity contribution in [2.45, 2.75) is 19.8 Å². The highest BCUT2D eigenvalue weighted by Gasteiger charge is 2.10. The Morgan fingerprint density at radius 3 is 2.32 bits per heavy atom. The minimum Gasteiger partial charge on any atom is -0.493 e. The van der Waals surface area contributed by atoms with E-state index in [2.05, 4.69) is 5.43 Å². The highest BCUT2D eigenvalue weighted by molar-refractivity contribution is 5.75. The molecule has 1 rings (SSSR count). The normalized spacial score (nSPS) is 10.4. The lowest BCUT2D eigenvalue weighted by Crippen LogP contribution is -2.36. The van der Waals surface area contributed by atoms with Gasteiger partial charge in [-0.15, -0.1) is 0 Å². The molecule has 0 saturated carbocycles. The third-order valence-electron chi connectivity index (χ3n) is 2.81. The largest absolute Gasteiger partial charge is 0.493 e. The molecule has 0 bridgehead atoms. The number of amides is 1. The minimum absolute atomic E-state index is 0.000755. The molecule has 106 valence electrons. The maximum Gasteiger partial charge on any atom is 0.234 e. The Morgan fingerprint density at radius 2 is 1.79 bits per heavy atom. The molecular formula is C14H22N2O3. The van der Waals surface area contributed by atoms with Crippen molar-refractivity contribution in [3.8, 4) is 11.5 Å². The predicted octanol–water partition coefficient (Wildman–Crippen LogP) is 1.54. The van der Waals surface area contributed by atoms with Crippen molar-refractivity contribution in [1.29, 1.82) is 0 Å². The molecule has 0 heterocycles. The second-order valence-corrected chi connectivity index (χ2v) is 4.56. The Labute approximate surface area is 114 Å². The zero-order valence-electron chi connectivity index (χ0n) is 12.2. The van der Waals surface area contributed by atoms with E-state index in [1.54, 1.807) is 33.3 Å². The monoisotopic (exact) mass is 266 g/mol. The SMILES string of the molecule is COc1cc(C)c(CCC(=O)NN(C)C)cc1OC. The Kier molecular flexibility index (Phi) is 5.63. The van der Waals surface area contributed by atoms with Crippen molar-refractivity contribution in [3.05, 3.63) is 23.3 Å². The molecule has 0 spiro atoms. The van der Waals surface area contributed by atoms with Crippen LogP contribution in [0.5, 0.6) is 11.5 Å². The predicted molar refractivity (Wildman–Crippen MR) is 74.4 cm³/mol. The first kappa shape index (κ1) is 15.3. The molecular weight excluding hydrogens is 244 g/mol. The van der Waals surface area contributed by atoms with Crippen LogP contribution in [-0.4, -0.2) is 39.2 Å². The summed E-state index contributed by atoms with van der Waals surface area (Å²) in [6, 6.07) is 3.86. The van der Waals surface area contributed by atoms with Crippen LogP contribution in [0.3, 0.4) is 0 Å². The Morgan fingerprint density at radius 1 is 1.21 bits per heavy atom. The van der Waals surface area contributed by atoms with Gasteiger partial charge in [0.05, 0.1) is 14.2 Å². The number of hydrogen-bond donors (Lipinski definition) is 1. The van der Waals surface area contributed by atoms with Gasteiger partial charge in [-0.3, -0.25) is 10.2 Å². The van der Waals surface area contributed by atoms with Gasteiger partial charge in [-0.1, -0.05) is 0 Å². The zero-order valence-corrected chi connectivity index (χ0v) is 12.2. The smallest absolute Gasteiger partial charge is 0.234 e. The van der Waals surface area contributed by atoms with Crippen LogP contribution in [0.15, 0.2) is 12.1 Å². The summed E-state index contributed by atoms with van der Waals surface area (Å²) in [5, 5.41) is 1.64. The van der Waals surface area contributed by atoms with Gasteiger partial charge in [0, 0.05) is 20.5 Å². The van der Waals surface area contributed by atoms with Gasteiger partial charge in [0.1, 0.15) is 0 Å². The Bertz CT molecular complexity index is 445. The lowest BCUT2D eigenvalue weighted by molar-refractivity contribution is -0.124. The van der Waals surface area contributed by atoms with Crippen molar-refractivity contribution >= 4 is 5.91 Å².